The minimum atomic E-state index is -0.800. The van der Waals surface area contributed by atoms with Gasteiger partial charge >= 0.3 is 5.97 Å². The van der Waals surface area contributed by atoms with E-state index in [2.05, 4.69) is 10.2 Å². The lowest BCUT2D eigenvalue weighted by molar-refractivity contribution is -0.138. The number of aliphatic carboxylic acids is 1. The van der Waals surface area contributed by atoms with Crippen LogP contribution >= 0.6 is 12.4 Å². The van der Waals surface area contributed by atoms with Crippen molar-refractivity contribution in [3.63, 3.8) is 0 Å². The molecule has 1 atom stereocenters. The van der Waals surface area contributed by atoms with Crippen LogP contribution in [0.5, 0.6) is 5.75 Å². The number of carboxylic acid groups (broad SMARTS) is 1. The number of nitrogens with zero attached hydrogens (tertiary/aromatic N) is 2. The summed E-state index contributed by atoms with van der Waals surface area (Å²) in [4.78, 5) is 27.2. The molecule has 2 rings (SSSR count). The maximum absolute atomic E-state index is 12.2. The Kier molecular flexibility index (Phi) is 10.1. The quantitative estimate of drug-likeness (QED) is 0.691. The van der Waals surface area contributed by atoms with Crippen molar-refractivity contribution in [2.24, 2.45) is 0 Å². The van der Waals surface area contributed by atoms with E-state index in [1.54, 1.807) is 7.11 Å². The Morgan fingerprint density at radius 3 is 2.81 bits per heavy atom. The van der Waals surface area contributed by atoms with Gasteiger partial charge in [-0.1, -0.05) is 12.1 Å². The molecule has 1 aromatic rings. The first-order valence-corrected chi connectivity index (χ1v) is 9.02. The van der Waals surface area contributed by atoms with Crippen LogP contribution in [0, 0.1) is 0 Å². The fourth-order valence-electron chi connectivity index (χ4n) is 3.32. The summed E-state index contributed by atoms with van der Waals surface area (Å²) < 4.78 is 5.19. The number of methoxy groups -OCH3 is 1. The Labute approximate surface area is 167 Å². The topological polar surface area (TPSA) is 82.1 Å². The number of halogens is 1. The van der Waals surface area contributed by atoms with Crippen molar-refractivity contribution in [1.29, 1.82) is 0 Å². The van der Waals surface area contributed by atoms with Gasteiger partial charge in [-0.2, -0.15) is 0 Å². The molecule has 1 aliphatic heterocycles. The normalized spacial score (nSPS) is 17.7. The van der Waals surface area contributed by atoms with Gasteiger partial charge in [0, 0.05) is 19.1 Å². The van der Waals surface area contributed by atoms with Gasteiger partial charge in [-0.25, -0.2) is 0 Å². The molecule has 0 spiro atoms. The Morgan fingerprint density at radius 1 is 1.33 bits per heavy atom. The maximum atomic E-state index is 12.2. The minimum Gasteiger partial charge on any atom is -0.497 e. The van der Waals surface area contributed by atoms with Gasteiger partial charge in [0.15, 0.2) is 0 Å². The van der Waals surface area contributed by atoms with Crippen LogP contribution in [-0.4, -0.2) is 73.2 Å². The Morgan fingerprint density at radius 2 is 2.11 bits per heavy atom. The zero-order valence-electron chi connectivity index (χ0n) is 16.0. The highest BCUT2D eigenvalue weighted by Crippen LogP contribution is 2.16. The van der Waals surface area contributed by atoms with Gasteiger partial charge < -0.3 is 15.2 Å². The number of carboxylic acids is 1. The second kappa shape index (κ2) is 11.8. The van der Waals surface area contributed by atoms with E-state index in [0.717, 1.165) is 43.7 Å². The van der Waals surface area contributed by atoms with Crippen LogP contribution in [0.2, 0.25) is 0 Å². The highest BCUT2D eigenvalue weighted by molar-refractivity contribution is 5.85. The van der Waals surface area contributed by atoms with E-state index in [1.165, 1.54) is 0 Å². The molecular formula is C19H30ClN3O4. The molecule has 1 saturated heterocycles. The van der Waals surface area contributed by atoms with Crippen LogP contribution < -0.4 is 10.1 Å². The first kappa shape index (κ1) is 23.2. The summed E-state index contributed by atoms with van der Waals surface area (Å²) in [5.74, 6) is -0.0172. The number of nitrogens with one attached hydrogen (secondary N) is 1. The molecule has 1 fully saturated rings. The molecule has 1 heterocycles. The molecule has 27 heavy (non-hydrogen) atoms. The number of likely N-dealkylation sites (N-methyl/N-ethyl adjacent to an activating group) is 1. The lowest BCUT2D eigenvalue weighted by atomic mass is 10.1. The minimum absolute atomic E-state index is 0. The van der Waals surface area contributed by atoms with Crippen molar-refractivity contribution in [3.05, 3.63) is 29.8 Å². The number of hydrogen-bond donors (Lipinski definition) is 2. The number of carbonyl (C=O) groups is 2. The third-order valence-corrected chi connectivity index (χ3v) is 4.79. The van der Waals surface area contributed by atoms with Gasteiger partial charge in [0.1, 0.15) is 5.75 Å². The van der Waals surface area contributed by atoms with Gasteiger partial charge in [-0.05, 0) is 50.6 Å². The fourth-order valence-corrected chi connectivity index (χ4v) is 3.32. The van der Waals surface area contributed by atoms with Gasteiger partial charge in [-0.15, -0.1) is 12.4 Å². The standard InChI is InChI=1S/C19H29N3O4.ClH/c1-21(14-19(24)25)16-6-4-9-22(10-8-16)13-18(23)20-12-15-5-3-7-17(11-15)26-2;/h3,5,7,11,16H,4,6,8-10,12-14H2,1-2H3,(H,20,23)(H,24,25);1H. The number of amides is 1. The summed E-state index contributed by atoms with van der Waals surface area (Å²) in [5.41, 5.74) is 1.00. The van der Waals surface area contributed by atoms with Crippen molar-refractivity contribution >= 4 is 24.3 Å². The molecule has 0 aromatic heterocycles. The largest absolute Gasteiger partial charge is 0.497 e. The number of rotatable bonds is 8. The van der Waals surface area contributed by atoms with Crippen LogP contribution in [0.25, 0.3) is 0 Å². The molecule has 1 aliphatic rings. The zero-order valence-corrected chi connectivity index (χ0v) is 16.8. The Balaban J connectivity index is 0.00000364. The molecule has 8 heteroatoms. The number of carbonyl (C=O) groups excluding carboxylic acids is 1. The average Bonchev–Trinajstić information content (AvgIpc) is 2.85. The second-order valence-corrected chi connectivity index (χ2v) is 6.80. The molecule has 0 bridgehead atoms. The molecule has 152 valence electrons. The van der Waals surface area contributed by atoms with Crippen molar-refractivity contribution in [2.45, 2.75) is 31.8 Å². The first-order valence-electron chi connectivity index (χ1n) is 9.02. The molecular weight excluding hydrogens is 370 g/mol. The average molecular weight is 400 g/mol. The summed E-state index contributed by atoms with van der Waals surface area (Å²) in [6.45, 7) is 2.59. The van der Waals surface area contributed by atoms with E-state index in [-0.39, 0.29) is 30.9 Å². The highest BCUT2D eigenvalue weighted by Gasteiger charge is 2.22. The summed E-state index contributed by atoms with van der Waals surface area (Å²) in [7, 11) is 3.48. The third kappa shape index (κ3) is 8.15. The molecule has 2 N–H and O–H groups in total. The lowest BCUT2D eigenvalue weighted by Gasteiger charge is -2.25. The van der Waals surface area contributed by atoms with E-state index in [0.29, 0.717) is 13.1 Å². The zero-order chi connectivity index (χ0) is 18.9. The van der Waals surface area contributed by atoms with E-state index in [9.17, 15) is 9.59 Å². The summed E-state index contributed by atoms with van der Waals surface area (Å²) in [6.07, 6.45) is 2.82. The van der Waals surface area contributed by atoms with Crippen LogP contribution in [0.1, 0.15) is 24.8 Å². The summed E-state index contributed by atoms with van der Waals surface area (Å²) >= 11 is 0. The number of hydrogen-bond acceptors (Lipinski definition) is 5. The van der Waals surface area contributed by atoms with Gasteiger partial charge in [-0.3, -0.25) is 19.4 Å². The van der Waals surface area contributed by atoms with Crippen LogP contribution in [0.3, 0.4) is 0 Å². The molecule has 0 radical (unpaired) electrons. The Bertz CT molecular complexity index is 614. The number of benzene rings is 1. The molecule has 0 saturated carbocycles. The SMILES string of the molecule is COc1cccc(CNC(=O)CN2CCCC(N(C)CC(=O)O)CC2)c1.Cl. The first-order chi connectivity index (χ1) is 12.5. The monoisotopic (exact) mass is 399 g/mol. The highest BCUT2D eigenvalue weighted by atomic mass is 35.5. The van der Waals surface area contributed by atoms with E-state index < -0.39 is 5.97 Å². The van der Waals surface area contributed by atoms with Crippen LogP contribution in [0.4, 0.5) is 0 Å². The molecule has 0 aliphatic carbocycles. The molecule has 1 aromatic carbocycles. The van der Waals surface area contributed by atoms with Crippen molar-refractivity contribution in [1.82, 2.24) is 15.1 Å². The predicted molar refractivity (Wildman–Crippen MR) is 106 cm³/mol. The van der Waals surface area contributed by atoms with E-state index >= 15 is 0 Å². The van der Waals surface area contributed by atoms with Gasteiger partial charge in [0.25, 0.3) is 0 Å². The molecule has 1 amide bonds. The maximum Gasteiger partial charge on any atom is 0.317 e. The smallest absolute Gasteiger partial charge is 0.317 e. The molecule has 7 nitrogen and oxygen atoms in total. The van der Waals surface area contributed by atoms with Crippen molar-refractivity contribution in [2.75, 3.05) is 40.3 Å². The van der Waals surface area contributed by atoms with Crippen molar-refractivity contribution < 1.29 is 19.4 Å². The molecule has 1 unspecified atom stereocenters. The lowest BCUT2D eigenvalue weighted by Crippen LogP contribution is -2.39. The van der Waals surface area contributed by atoms with Crippen LogP contribution in [0.15, 0.2) is 24.3 Å². The fraction of sp³-hybridized carbons (Fsp3) is 0.579. The van der Waals surface area contributed by atoms with E-state index in [1.807, 2.05) is 36.2 Å². The van der Waals surface area contributed by atoms with Crippen molar-refractivity contribution in [3.8, 4) is 5.75 Å². The van der Waals surface area contributed by atoms with Crippen LogP contribution in [-0.2, 0) is 16.1 Å². The summed E-state index contributed by atoms with van der Waals surface area (Å²) in [5, 5.41) is 11.9. The third-order valence-electron chi connectivity index (χ3n) is 4.79. The number of likely N-dealkylation sites (tertiary alicyclic amines) is 1. The second-order valence-electron chi connectivity index (χ2n) is 6.80. The number of ether oxygens (including phenoxy) is 1. The Hall–Kier alpha value is -1.83. The predicted octanol–water partition coefficient (Wildman–Crippen LogP) is 1.60. The summed E-state index contributed by atoms with van der Waals surface area (Å²) in [6, 6.07) is 7.91. The van der Waals surface area contributed by atoms with Gasteiger partial charge in [0.05, 0.1) is 20.2 Å². The van der Waals surface area contributed by atoms with Gasteiger partial charge in [0.2, 0.25) is 5.91 Å². The van der Waals surface area contributed by atoms with E-state index in [4.69, 9.17) is 9.84 Å².